The Balaban J connectivity index is 2.32. The summed E-state index contributed by atoms with van der Waals surface area (Å²) in [6.07, 6.45) is 1.95. The van der Waals surface area contributed by atoms with E-state index in [9.17, 15) is 0 Å². The smallest absolute Gasteiger partial charge is 0.0907 e. The Hall–Kier alpha value is -0.870. The summed E-state index contributed by atoms with van der Waals surface area (Å²) in [6.45, 7) is 7.82. The van der Waals surface area contributed by atoms with Crippen LogP contribution in [0.25, 0.3) is 0 Å². The Bertz CT molecular complexity index is 373. The highest BCUT2D eigenvalue weighted by atomic mass is 16.5. The molecule has 1 aliphatic rings. The Labute approximate surface area is 96.8 Å². The summed E-state index contributed by atoms with van der Waals surface area (Å²) in [5.41, 5.74) is 9.85. The first-order valence-corrected chi connectivity index (χ1v) is 6.03. The van der Waals surface area contributed by atoms with E-state index in [1.54, 1.807) is 0 Å². The first-order chi connectivity index (χ1) is 7.65. The first-order valence-electron chi connectivity index (χ1n) is 6.03. The second kappa shape index (κ2) is 4.55. The summed E-state index contributed by atoms with van der Waals surface area (Å²) in [5, 5.41) is 4.61. The van der Waals surface area contributed by atoms with Crippen molar-refractivity contribution in [2.45, 2.75) is 45.7 Å². The van der Waals surface area contributed by atoms with E-state index >= 15 is 0 Å². The van der Waals surface area contributed by atoms with Gasteiger partial charge in [0.05, 0.1) is 18.3 Å². The lowest BCUT2D eigenvalue weighted by molar-refractivity contribution is 0.0416. The van der Waals surface area contributed by atoms with Gasteiger partial charge in [-0.2, -0.15) is 5.10 Å². The molecule has 0 amide bonds. The molecule has 2 unspecified atom stereocenters. The molecule has 2 heterocycles. The zero-order valence-corrected chi connectivity index (χ0v) is 10.4. The SMILES string of the molecule is CCc1c(C)nn(C2COCCC2N)c1C. The third-order valence-electron chi connectivity index (χ3n) is 3.52. The number of hydrogen-bond donors (Lipinski definition) is 1. The minimum atomic E-state index is 0.163. The van der Waals surface area contributed by atoms with Gasteiger partial charge < -0.3 is 10.5 Å². The highest BCUT2D eigenvalue weighted by Gasteiger charge is 2.27. The van der Waals surface area contributed by atoms with Crippen LogP contribution >= 0.6 is 0 Å². The molecule has 1 aromatic heterocycles. The molecule has 16 heavy (non-hydrogen) atoms. The standard InChI is InChI=1S/C12H21N3O/c1-4-10-8(2)14-15(9(10)3)12-7-16-6-5-11(12)13/h11-12H,4-7,13H2,1-3H3. The van der Waals surface area contributed by atoms with E-state index in [2.05, 4.69) is 30.6 Å². The summed E-state index contributed by atoms with van der Waals surface area (Å²) in [4.78, 5) is 0. The molecule has 0 spiro atoms. The van der Waals surface area contributed by atoms with Crippen molar-refractivity contribution in [3.05, 3.63) is 17.0 Å². The van der Waals surface area contributed by atoms with Crippen LogP contribution in [-0.4, -0.2) is 29.0 Å². The predicted molar refractivity (Wildman–Crippen MR) is 63.5 cm³/mol. The number of hydrogen-bond acceptors (Lipinski definition) is 3. The largest absolute Gasteiger partial charge is 0.379 e. The Morgan fingerprint density at radius 3 is 2.81 bits per heavy atom. The lowest BCUT2D eigenvalue weighted by Crippen LogP contribution is -2.41. The average Bonchev–Trinajstić information content (AvgIpc) is 2.55. The van der Waals surface area contributed by atoms with Gasteiger partial charge in [-0.25, -0.2) is 0 Å². The van der Waals surface area contributed by atoms with Gasteiger partial charge in [-0.1, -0.05) is 6.92 Å². The summed E-state index contributed by atoms with van der Waals surface area (Å²) >= 11 is 0. The average molecular weight is 223 g/mol. The highest BCUT2D eigenvalue weighted by molar-refractivity contribution is 5.25. The van der Waals surface area contributed by atoms with Crippen molar-refractivity contribution < 1.29 is 4.74 Å². The second-order valence-electron chi connectivity index (χ2n) is 4.54. The molecule has 4 nitrogen and oxygen atoms in total. The molecule has 4 heteroatoms. The zero-order valence-electron chi connectivity index (χ0n) is 10.4. The number of nitrogens with two attached hydrogens (primary N) is 1. The highest BCUT2D eigenvalue weighted by Crippen LogP contribution is 2.23. The van der Waals surface area contributed by atoms with Crippen molar-refractivity contribution in [3.63, 3.8) is 0 Å². The van der Waals surface area contributed by atoms with Crippen molar-refractivity contribution in [2.24, 2.45) is 5.73 Å². The fraction of sp³-hybridized carbons (Fsp3) is 0.750. The van der Waals surface area contributed by atoms with Gasteiger partial charge in [-0.15, -0.1) is 0 Å². The Morgan fingerprint density at radius 1 is 1.50 bits per heavy atom. The van der Waals surface area contributed by atoms with Gasteiger partial charge in [-0.05, 0) is 32.3 Å². The summed E-state index contributed by atoms with van der Waals surface area (Å²) < 4.78 is 7.57. The number of aryl methyl sites for hydroxylation is 1. The molecule has 90 valence electrons. The number of nitrogens with zero attached hydrogens (tertiary/aromatic N) is 2. The Morgan fingerprint density at radius 2 is 2.25 bits per heavy atom. The van der Waals surface area contributed by atoms with Crippen molar-refractivity contribution in [2.75, 3.05) is 13.2 Å². The molecule has 0 radical (unpaired) electrons. The van der Waals surface area contributed by atoms with Gasteiger partial charge in [-0.3, -0.25) is 4.68 Å². The molecule has 0 aromatic carbocycles. The van der Waals surface area contributed by atoms with E-state index in [1.807, 2.05) is 0 Å². The molecular weight excluding hydrogens is 202 g/mol. The van der Waals surface area contributed by atoms with E-state index in [1.165, 1.54) is 11.3 Å². The van der Waals surface area contributed by atoms with Crippen LogP contribution in [0.3, 0.4) is 0 Å². The number of aromatic nitrogens is 2. The minimum absolute atomic E-state index is 0.163. The molecule has 1 fully saturated rings. The van der Waals surface area contributed by atoms with Crippen LogP contribution in [0.15, 0.2) is 0 Å². The molecule has 1 aliphatic heterocycles. The topological polar surface area (TPSA) is 53.1 Å². The Kier molecular flexibility index (Phi) is 3.30. The van der Waals surface area contributed by atoms with E-state index in [0.717, 1.165) is 25.1 Å². The van der Waals surface area contributed by atoms with E-state index in [0.29, 0.717) is 6.61 Å². The molecule has 2 rings (SSSR count). The third kappa shape index (κ3) is 1.87. The van der Waals surface area contributed by atoms with Gasteiger partial charge in [0.25, 0.3) is 0 Å². The monoisotopic (exact) mass is 223 g/mol. The first kappa shape index (κ1) is 11.6. The minimum Gasteiger partial charge on any atom is -0.379 e. The molecular formula is C12H21N3O. The molecule has 0 saturated carbocycles. The van der Waals surface area contributed by atoms with Gasteiger partial charge in [0.1, 0.15) is 0 Å². The summed E-state index contributed by atoms with van der Waals surface area (Å²) in [7, 11) is 0. The number of ether oxygens (including phenoxy) is 1. The van der Waals surface area contributed by atoms with Crippen LogP contribution in [0.2, 0.25) is 0 Å². The maximum atomic E-state index is 6.14. The van der Waals surface area contributed by atoms with Gasteiger partial charge in [0.2, 0.25) is 0 Å². The molecule has 2 N–H and O–H groups in total. The van der Waals surface area contributed by atoms with Crippen molar-refractivity contribution in [1.29, 1.82) is 0 Å². The quantitative estimate of drug-likeness (QED) is 0.823. The zero-order chi connectivity index (χ0) is 11.7. The normalized spacial score (nSPS) is 26.0. The molecule has 2 atom stereocenters. The van der Waals surface area contributed by atoms with Crippen molar-refractivity contribution >= 4 is 0 Å². The fourth-order valence-corrected chi connectivity index (χ4v) is 2.52. The van der Waals surface area contributed by atoms with Crippen LogP contribution in [-0.2, 0) is 11.2 Å². The molecule has 1 aromatic rings. The lowest BCUT2D eigenvalue weighted by Gasteiger charge is -2.29. The number of rotatable bonds is 2. The van der Waals surface area contributed by atoms with Crippen LogP contribution in [0, 0.1) is 13.8 Å². The summed E-state index contributed by atoms with van der Waals surface area (Å²) in [5.74, 6) is 0. The summed E-state index contributed by atoms with van der Waals surface area (Å²) in [6, 6.07) is 0.365. The van der Waals surface area contributed by atoms with Crippen LogP contribution in [0.1, 0.15) is 36.3 Å². The van der Waals surface area contributed by atoms with E-state index < -0.39 is 0 Å². The van der Waals surface area contributed by atoms with Crippen LogP contribution in [0.5, 0.6) is 0 Å². The fourth-order valence-electron chi connectivity index (χ4n) is 2.52. The van der Waals surface area contributed by atoms with Crippen molar-refractivity contribution in [1.82, 2.24) is 9.78 Å². The van der Waals surface area contributed by atoms with Crippen molar-refractivity contribution in [3.8, 4) is 0 Å². The lowest BCUT2D eigenvalue weighted by atomic mass is 10.0. The maximum Gasteiger partial charge on any atom is 0.0907 e. The predicted octanol–water partition coefficient (Wildman–Crippen LogP) is 1.35. The molecule has 1 saturated heterocycles. The van der Waals surface area contributed by atoms with Gasteiger partial charge in [0, 0.05) is 18.3 Å². The maximum absolute atomic E-state index is 6.14. The third-order valence-corrected chi connectivity index (χ3v) is 3.52. The van der Waals surface area contributed by atoms with Gasteiger partial charge in [0.15, 0.2) is 0 Å². The van der Waals surface area contributed by atoms with Crippen LogP contribution < -0.4 is 5.73 Å². The second-order valence-corrected chi connectivity index (χ2v) is 4.54. The molecule has 0 bridgehead atoms. The van der Waals surface area contributed by atoms with E-state index in [4.69, 9.17) is 10.5 Å². The van der Waals surface area contributed by atoms with E-state index in [-0.39, 0.29) is 12.1 Å². The van der Waals surface area contributed by atoms with Gasteiger partial charge >= 0.3 is 0 Å². The molecule has 0 aliphatic carbocycles. The van der Waals surface area contributed by atoms with Crippen LogP contribution in [0.4, 0.5) is 0 Å².